The molecule has 1 aromatic carbocycles. The van der Waals surface area contributed by atoms with E-state index >= 15 is 0 Å². The summed E-state index contributed by atoms with van der Waals surface area (Å²) in [5.41, 5.74) is 0.716. The maximum absolute atomic E-state index is 13.9. The lowest BCUT2D eigenvalue weighted by atomic mass is 10.2. The van der Waals surface area contributed by atoms with E-state index in [0.29, 0.717) is 33.7 Å². The highest BCUT2D eigenvalue weighted by atomic mass is 35.5. The molecule has 0 N–H and O–H groups in total. The van der Waals surface area contributed by atoms with Crippen molar-refractivity contribution in [2.45, 2.75) is 13.8 Å². The molecule has 2 aromatic rings. The van der Waals surface area contributed by atoms with Crippen molar-refractivity contribution >= 4 is 51.9 Å². The summed E-state index contributed by atoms with van der Waals surface area (Å²) < 4.78 is 25.5. The van der Waals surface area contributed by atoms with Gasteiger partial charge < -0.3 is 9.47 Å². The van der Waals surface area contributed by atoms with Crippen molar-refractivity contribution in [3.63, 3.8) is 0 Å². The second kappa shape index (κ2) is 8.85. The quantitative estimate of drug-likeness (QED) is 0.367. The van der Waals surface area contributed by atoms with E-state index in [2.05, 4.69) is 9.97 Å². The van der Waals surface area contributed by atoms with Gasteiger partial charge in [-0.15, -0.1) is 0 Å². The van der Waals surface area contributed by atoms with Crippen molar-refractivity contribution in [2.75, 3.05) is 13.2 Å². The van der Waals surface area contributed by atoms with Crippen LogP contribution in [0.3, 0.4) is 0 Å². The van der Waals surface area contributed by atoms with Crippen LogP contribution in [-0.4, -0.2) is 38.2 Å². The average Bonchev–Trinajstić information content (AvgIpc) is 2.93. The molecule has 10 heteroatoms. The summed E-state index contributed by atoms with van der Waals surface area (Å²) in [5, 5.41) is -0.135. The van der Waals surface area contributed by atoms with Crippen LogP contribution in [0, 0.1) is 5.82 Å². The molecular weight excluding hydrogens is 425 g/mol. The van der Waals surface area contributed by atoms with E-state index in [1.54, 1.807) is 24.3 Å². The third kappa shape index (κ3) is 4.43. The number of likely N-dealkylation sites (N-methyl/N-ethyl adjacent to an activating group) is 1. The van der Waals surface area contributed by atoms with Crippen LogP contribution >= 0.6 is 35.6 Å². The van der Waals surface area contributed by atoms with Crippen LogP contribution in [0.1, 0.15) is 19.4 Å². The fourth-order valence-corrected chi connectivity index (χ4v) is 3.91. The molecule has 0 aliphatic carbocycles. The Bertz CT molecular complexity index is 971. The minimum atomic E-state index is -0.751. The number of carbonyl (C=O) groups is 1. The number of benzene rings is 1. The largest absolute Gasteiger partial charge is 0.490 e. The van der Waals surface area contributed by atoms with Crippen LogP contribution in [0.4, 0.5) is 4.39 Å². The van der Waals surface area contributed by atoms with Gasteiger partial charge in [0.2, 0.25) is 11.1 Å². The minimum absolute atomic E-state index is 0.131. The normalized spacial score (nSPS) is 15.4. The molecule has 2 heterocycles. The van der Waals surface area contributed by atoms with Gasteiger partial charge in [-0.3, -0.25) is 9.69 Å². The number of ether oxygens (including phenoxy) is 2. The maximum atomic E-state index is 13.9. The second-order valence-corrected chi connectivity index (χ2v) is 7.47. The van der Waals surface area contributed by atoms with Crippen molar-refractivity contribution in [1.29, 1.82) is 0 Å². The number of hydrogen-bond acceptors (Lipinski definition) is 7. The van der Waals surface area contributed by atoms with E-state index in [1.807, 2.05) is 13.8 Å². The van der Waals surface area contributed by atoms with Crippen LogP contribution in [0.15, 0.2) is 29.3 Å². The standard InChI is InChI=1S/C18H15ClFN3O3S2/c1-3-23-16(24)14(28-18(23)27)8-10-5-6-12(13(7-10)25-4-2)26-15-11(20)9-21-17(19)22-15/h5-9H,3-4H2,1-2H3/b14-8-. The Hall–Kier alpha value is -2.23. The predicted octanol–water partition coefficient (Wildman–Crippen LogP) is 4.68. The summed E-state index contributed by atoms with van der Waals surface area (Å²) in [6.45, 7) is 4.56. The van der Waals surface area contributed by atoms with Gasteiger partial charge in [-0.05, 0) is 49.2 Å². The average molecular weight is 440 g/mol. The topological polar surface area (TPSA) is 64.5 Å². The first-order valence-electron chi connectivity index (χ1n) is 8.31. The summed E-state index contributed by atoms with van der Waals surface area (Å²) >= 11 is 12.2. The Balaban J connectivity index is 1.91. The van der Waals surface area contributed by atoms with Crippen LogP contribution in [0.2, 0.25) is 5.28 Å². The van der Waals surface area contributed by atoms with Gasteiger partial charge in [-0.2, -0.15) is 9.37 Å². The number of hydrogen-bond donors (Lipinski definition) is 0. The number of nitrogens with zero attached hydrogens (tertiary/aromatic N) is 3. The van der Waals surface area contributed by atoms with E-state index in [1.165, 1.54) is 16.7 Å². The smallest absolute Gasteiger partial charge is 0.266 e. The minimum Gasteiger partial charge on any atom is -0.490 e. The van der Waals surface area contributed by atoms with Crippen LogP contribution < -0.4 is 9.47 Å². The lowest BCUT2D eigenvalue weighted by Gasteiger charge is -2.12. The highest BCUT2D eigenvalue weighted by Crippen LogP contribution is 2.36. The van der Waals surface area contributed by atoms with E-state index in [4.69, 9.17) is 33.3 Å². The van der Waals surface area contributed by atoms with Crippen molar-refractivity contribution in [2.24, 2.45) is 0 Å². The van der Waals surface area contributed by atoms with Gasteiger partial charge in [0.05, 0.1) is 17.7 Å². The molecule has 1 aliphatic rings. The number of aromatic nitrogens is 2. The zero-order chi connectivity index (χ0) is 20.3. The van der Waals surface area contributed by atoms with E-state index < -0.39 is 5.82 Å². The van der Waals surface area contributed by atoms with Gasteiger partial charge in [0.1, 0.15) is 4.32 Å². The van der Waals surface area contributed by atoms with E-state index in [9.17, 15) is 9.18 Å². The van der Waals surface area contributed by atoms with Crippen LogP contribution in [0.5, 0.6) is 17.4 Å². The first-order valence-corrected chi connectivity index (χ1v) is 9.91. The second-order valence-electron chi connectivity index (χ2n) is 5.46. The lowest BCUT2D eigenvalue weighted by Crippen LogP contribution is -2.27. The van der Waals surface area contributed by atoms with Crippen LogP contribution in [-0.2, 0) is 4.79 Å². The van der Waals surface area contributed by atoms with E-state index in [0.717, 1.165) is 6.20 Å². The SMILES string of the molecule is CCOc1cc(/C=C2\SC(=S)N(CC)C2=O)ccc1Oc1nc(Cl)ncc1F. The molecular formula is C18H15ClFN3O3S2. The highest BCUT2D eigenvalue weighted by molar-refractivity contribution is 8.26. The number of thioether (sulfide) groups is 1. The molecule has 28 heavy (non-hydrogen) atoms. The van der Waals surface area contributed by atoms with Crippen LogP contribution in [0.25, 0.3) is 6.08 Å². The van der Waals surface area contributed by atoms with Crippen molar-refractivity contribution in [3.05, 3.63) is 46.0 Å². The monoisotopic (exact) mass is 439 g/mol. The van der Waals surface area contributed by atoms with Gasteiger partial charge in [-0.25, -0.2) is 4.98 Å². The van der Waals surface area contributed by atoms with Crippen molar-refractivity contribution < 1.29 is 18.7 Å². The molecule has 1 fully saturated rings. The summed E-state index contributed by atoms with van der Waals surface area (Å²) in [6.07, 6.45) is 2.65. The molecule has 1 saturated heterocycles. The molecule has 1 aliphatic heterocycles. The fourth-order valence-electron chi connectivity index (χ4n) is 2.40. The van der Waals surface area contributed by atoms with Crippen molar-refractivity contribution in [3.8, 4) is 17.4 Å². The fraction of sp³-hybridized carbons (Fsp3) is 0.222. The number of rotatable bonds is 6. The molecule has 146 valence electrons. The molecule has 1 amide bonds. The molecule has 0 spiro atoms. The molecule has 0 saturated carbocycles. The first kappa shape index (κ1) is 20.5. The predicted molar refractivity (Wildman–Crippen MR) is 110 cm³/mol. The summed E-state index contributed by atoms with van der Waals surface area (Å²) in [7, 11) is 0. The number of amides is 1. The Kier molecular flexibility index (Phi) is 6.48. The highest BCUT2D eigenvalue weighted by Gasteiger charge is 2.30. The summed E-state index contributed by atoms with van der Waals surface area (Å²) in [4.78, 5) is 21.7. The molecule has 0 unspecified atom stereocenters. The molecule has 6 nitrogen and oxygen atoms in total. The number of carbonyl (C=O) groups excluding carboxylic acids is 1. The molecule has 3 rings (SSSR count). The van der Waals surface area contributed by atoms with Crippen molar-refractivity contribution in [1.82, 2.24) is 14.9 Å². The molecule has 1 aromatic heterocycles. The summed E-state index contributed by atoms with van der Waals surface area (Å²) in [6, 6.07) is 5.02. The summed E-state index contributed by atoms with van der Waals surface area (Å²) in [5.74, 6) is -0.560. The van der Waals surface area contributed by atoms with E-state index in [-0.39, 0.29) is 22.8 Å². The molecule has 0 radical (unpaired) electrons. The Morgan fingerprint density at radius 1 is 1.36 bits per heavy atom. The third-order valence-corrected chi connectivity index (χ3v) is 5.20. The van der Waals surface area contributed by atoms with Gasteiger partial charge in [0.15, 0.2) is 11.5 Å². The third-order valence-electron chi connectivity index (χ3n) is 3.64. The van der Waals surface area contributed by atoms with Gasteiger partial charge in [0, 0.05) is 6.54 Å². The van der Waals surface area contributed by atoms with Gasteiger partial charge in [0.25, 0.3) is 11.8 Å². The van der Waals surface area contributed by atoms with Gasteiger partial charge in [-0.1, -0.05) is 30.0 Å². The number of halogens is 2. The zero-order valence-corrected chi connectivity index (χ0v) is 17.3. The Labute approximate surface area is 175 Å². The Morgan fingerprint density at radius 2 is 2.14 bits per heavy atom. The Morgan fingerprint density at radius 3 is 2.82 bits per heavy atom. The first-order chi connectivity index (χ1) is 13.4. The number of thiocarbonyl (C=S) groups is 1. The molecule has 0 bridgehead atoms. The zero-order valence-electron chi connectivity index (χ0n) is 14.9. The van der Waals surface area contributed by atoms with Gasteiger partial charge >= 0.3 is 0 Å². The molecule has 0 atom stereocenters. The lowest BCUT2D eigenvalue weighted by molar-refractivity contribution is -0.121. The maximum Gasteiger partial charge on any atom is 0.266 e.